The molecular formula is C21H26N2O12S2. The normalized spacial score (nSPS) is 28.7. The third kappa shape index (κ3) is 7.48. The van der Waals surface area contributed by atoms with Crippen LogP contribution in [0.5, 0.6) is 0 Å². The quantitative estimate of drug-likeness (QED) is 0.0517. The average molecular weight is 563 g/mol. The van der Waals surface area contributed by atoms with Crippen LogP contribution in [0, 0.1) is 0 Å². The fourth-order valence-electron chi connectivity index (χ4n) is 3.70. The van der Waals surface area contributed by atoms with Gasteiger partial charge in [0.25, 0.3) is 0 Å². The van der Waals surface area contributed by atoms with Crippen molar-refractivity contribution in [3.05, 3.63) is 42.5 Å². The average Bonchev–Trinajstić information content (AvgIpc) is 3.16. The zero-order valence-electron chi connectivity index (χ0n) is 19.1. The summed E-state index contributed by atoms with van der Waals surface area (Å²) in [5.41, 5.74) is -0.168. The number of carbonyl (C=O) groups excluding carboxylic acids is 2. The molecule has 1 aromatic rings. The van der Waals surface area contributed by atoms with E-state index in [4.69, 9.17) is 14.0 Å². The Morgan fingerprint density at radius 2 is 1.95 bits per heavy atom. The van der Waals surface area contributed by atoms with Gasteiger partial charge in [-0.05, 0) is 11.6 Å². The van der Waals surface area contributed by atoms with Crippen molar-refractivity contribution in [1.82, 2.24) is 0 Å². The molecule has 6 N–H and O–H groups in total. The van der Waals surface area contributed by atoms with Gasteiger partial charge >= 0.3 is 16.4 Å². The molecule has 7 atom stereocenters. The number of para-hydroxylation sites is 1. The molecule has 2 heterocycles. The first kappa shape index (κ1) is 29.0. The number of thioether (sulfide) groups is 1. The largest absolute Gasteiger partial charge is 0.466 e. The molecule has 1 amide bonds. The van der Waals surface area contributed by atoms with E-state index < -0.39 is 64.8 Å². The maximum atomic E-state index is 12.6. The van der Waals surface area contributed by atoms with Gasteiger partial charge in [0.05, 0.1) is 18.9 Å². The number of amides is 1. The van der Waals surface area contributed by atoms with Gasteiger partial charge in [-0.25, -0.2) is 4.28 Å². The van der Waals surface area contributed by atoms with Gasteiger partial charge < -0.3 is 35.2 Å². The fraction of sp³-hybridized carbons (Fsp3) is 0.476. The molecule has 1 fully saturated rings. The molecule has 0 bridgehead atoms. The Balaban J connectivity index is 1.71. The molecule has 37 heavy (non-hydrogen) atoms. The Morgan fingerprint density at radius 3 is 2.59 bits per heavy atom. The van der Waals surface area contributed by atoms with E-state index in [9.17, 15) is 38.4 Å². The number of hydrogen-bond donors (Lipinski definition) is 6. The number of aliphatic hydroxyl groups excluding tert-OH is 4. The minimum absolute atomic E-state index is 0.288. The number of rotatable bonds is 10. The SMILES string of the molecule is C=CC(C/C(=N/OS(=O)(=O)O)SC1OC(CO)C(O)C(O)C1O)OC(=O)CC1C(=O)Nc2ccccc21. The summed E-state index contributed by atoms with van der Waals surface area (Å²) < 4.78 is 45.7. The van der Waals surface area contributed by atoms with Crippen molar-refractivity contribution in [2.24, 2.45) is 5.16 Å². The topological polar surface area (TPSA) is 222 Å². The van der Waals surface area contributed by atoms with E-state index in [0.717, 1.165) is 0 Å². The molecule has 0 radical (unpaired) electrons. The van der Waals surface area contributed by atoms with Crippen LogP contribution >= 0.6 is 11.8 Å². The second-order valence-electron chi connectivity index (χ2n) is 8.10. The van der Waals surface area contributed by atoms with Crippen LogP contribution in [0.2, 0.25) is 0 Å². The van der Waals surface area contributed by atoms with Crippen LogP contribution in [0.3, 0.4) is 0 Å². The molecular weight excluding hydrogens is 536 g/mol. The molecule has 7 unspecified atom stereocenters. The van der Waals surface area contributed by atoms with Crippen molar-refractivity contribution in [2.75, 3.05) is 11.9 Å². The summed E-state index contributed by atoms with van der Waals surface area (Å²) in [6.45, 7) is 2.84. The van der Waals surface area contributed by atoms with Crippen LogP contribution in [-0.4, -0.2) is 92.9 Å². The highest BCUT2D eigenvalue weighted by molar-refractivity contribution is 8.14. The number of fused-ring (bicyclic) bond motifs is 1. The van der Waals surface area contributed by atoms with Crippen LogP contribution in [0.15, 0.2) is 42.1 Å². The maximum Gasteiger partial charge on any atom is 0.466 e. The lowest BCUT2D eigenvalue weighted by Gasteiger charge is -2.39. The van der Waals surface area contributed by atoms with Gasteiger partial charge in [0, 0.05) is 12.1 Å². The van der Waals surface area contributed by atoms with Crippen LogP contribution in [0.25, 0.3) is 0 Å². The van der Waals surface area contributed by atoms with E-state index in [0.29, 0.717) is 23.0 Å². The molecule has 1 aromatic carbocycles. The van der Waals surface area contributed by atoms with Crippen LogP contribution < -0.4 is 5.32 Å². The molecule has 204 valence electrons. The highest BCUT2D eigenvalue weighted by Crippen LogP contribution is 2.35. The molecule has 0 spiro atoms. The number of nitrogens with one attached hydrogen (secondary N) is 1. The van der Waals surface area contributed by atoms with Gasteiger partial charge in [0.15, 0.2) is 0 Å². The fourth-order valence-corrected chi connectivity index (χ4v) is 5.04. The van der Waals surface area contributed by atoms with Gasteiger partial charge in [-0.15, -0.1) is 0 Å². The van der Waals surface area contributed by atoms with E-state index in [1.165, 1.54) is 6.08 Å². The van der Waals surface area contributed by atoms with Gasteiger partial charge in [-0.1, -0.05) is 47.8 Å². The Labute approximate surface area is 215 Å². The second kappa shape index (κ2) is 12.3. The van der Waals surface area contributed by atoms with Gasteiger partial charge in [-0.3, -0.25) is 14.1 Å². The summed E-state index contributed by atoms with van der Waals surface area (Å²) in [7, 11) is -5.04. The Kier molecular flexibility index (Phi) is 9.65. The summed E-state index contributed by atoms with van der Waals surface area (Å²) in [6.07, 6.45) is -6.94. The number of esters is 1. The van der Waals surface area contributed by atoms with Crippen molar-refractivity contribution < 1.29 is 56.7 Å². The predicted molar refractivity (Wildman–Crippen MR) is 129 cm³/mol. The first-order chi connectivity index (χ1) is 17.4. The molecule has 2 aliphatic heterocycles. The molecule has 14 nitrogen and oxygen atoms in total. The molecule has 0 aromatic heterocycles. The molecule has 2 aliphatic rings. The lowest BCUT2D eigenvalue weighted by molar-refractivity contribution is -0.205. The predicted octanol–water partition coefficient (Wildman–Crippen LogP) is -0.734. The first-order valence-electron chi connectivity index (χ1n) is 10.9. The zero-order valence-corrected chi connectivity index (χ0v) is 20.7. The van der Waals surface area contributed by atoms with Crippen molar-refractivity contribution in [3.8, 4) is 0 Å². The summed E-state index contributed by atoms with van der Waals surface area (Å²) in [4.78, 5) is 24.9. The van der Waals surface area contributed by atoms with Crippen LogP contribution in [-0.2, 0) is 33.7 Å². The maximum absolute atomic E-state index is 12.6. The second-order valence-corrected chi connectivity index (χ2v) is 10.3. The number of ether oxygens (including phenoxy) is 2. The van der Waals surface area contributed by atoms with Crippen molar-refractivity contribution in [2.45, 2.75) is 54.7 Å². The van der Waals surface area contributed by atoms with Crippen LogP contribution in [0.4, 0.5) is 5.69 Å². The molecule has 0 saturated carbocycles. The number of hydrogen-bond acceptors (Lipinski definition) is 13. The van der Waals surface area contributed by atoms with Crippen molar-refractivity contribution in [1.29, 1.82) is 0 Å². The van der Waals surface area contributed by atoms with Crippen LogP contribution in [0.1, 0.15) is 24.3 Å². The number of anilines is 1. The van der Waals surface area contributed by atoms with Gasteiger partial charge in [0.1, 0.15) is 41.0 Å². The summed E-state index contributed by atoms with van der Waals surface area (Å²) in [5.74, 6) is -1.95. The molecule has 3 rings (SSSR count). The standard InChI is InChI=1S/C21H26N2O12S2/c1-2-10(33-16(25)8-12-11-5-3-4-6-13(11)22-20(12)29)7-15(23-35-37(30,31)32)36-21-19(28)18(27)17(26)14(9-24)34-21/h2-6,10,12,14,17-19,21,24,26-28H,1,7-9H2,(H,22,29)(H,30,31,32)/b23-15-. The zero-order chi connectivity index (χ0) is 27.3. The minimum atomic E-state index is -5.04. The highest BCUT2D eigenvalue weighted by atomic mass is 32.3. The van der Waals surface area contributed by atoms with Gasteiger partial charge in [-0.2, -0.15) is 8.42 Å². The third-order valence-corrected chi connectivity index (χ3v) is 6.94. The lowest BCUT2D eigenvalue weighted by atomic mass is 9.97. The van der Waals surface area contributed by atoms with Gasteiger partial charge in [0.2, 0.25) is 5.91 Å². The third-order valence-electron chi connectivity index (χ3n) is 5.54. The van der Waals surface area contributed by atoms with E-state index in [1.807, 2.05) is 0 Å². The Hall–Kier alpha value is -2.57. The molecule has 0 aliphatic carbocycles. The monoisotopic (exact) mass is 562 g/mol. The molecule has 16 heteroatoms. The number of benzene rings is 1. The van der Waals surface area contributed by atoms with Crippen molar-refractivity contribution >= 4 is 44.8 Å². The summed E-state index contributed by atoms with van der Waals surface area (Å²) in [6, 6.07) is 6.85. The van der Waals surface area contributed by atoms with E-state index >= 15 is 0 Å². The number of carbonyl (C=O) groups is 2. The lowest BCUT2D eigenvalue weighted by Crippen LogP contribution is -2.57. The summed E-state index contributed by atoms with van der Waals surface area (Å²) >= 11 is 0.526. The Bertz CT molecular complexity index is 1140. The molecule has 1 saturated heterocycles. The van der Waals surface area contributed by atoms with E-state index in [1.54, 1.807) is 24.3 Å². The Morgan fingerprint density at radius 1 is 1.24 bits per heavy atom. The summed E-state index contributed by atoms with van der Waals surface area (Å²) in [5, 5.41) is 45.2. The highest BCUT2D eigenvalue weighted by Gasteiger charge is 2.44. The number of oxime groups is 1. The first-order valence-corrected chi connectivity index (χ1v) is 13.1. The smallest absolute Gasteiger partial charge is 0.458 e. The number of aliphatic hydroxyl groups is 4. The van der Waals surface area contributed by atoms with E-state index in [-0.39, 0.29) is 23.8 Å². The van der Waals surface area contributed by atoms with E-state index in [2.05, 4.69) is 21.3 Å². The van der Waals surface area contributed by atoms with Crippen molar-refractivity contribution in [3.63, 3.8) is 0 Å². The minimum Gasteiger partial charge on any atom is -0.458 e. The number of nitrogens with zero attached hydrogens (tertiary/aromatic N) is 1.